The molecule has 3 heteroatoms. The molecule has 2 heterocycles. The molecule has 0 bridgehead atoms. The maximum atomic E-state index is 4.29. The summed E-state index contributed by atoms with van der Waals surface area (Å²) >= 11 is 0. The minimum absolute atomic E-state index is 0.858. The normalized spacial score (nSPS) is 12.6. The zero-order chi connectivity index (χ0) is 9.38. The van der Waals surface area contributed by atoms with E-state index < -0.39 is 0 Å². The lowest BCUT2D eigenvalue weighted by Crippen LogP contribution is -2.09. The number of benzene rings is 1. The summed E-state index contributed by atoms with van der Waals surface area (Å²) in [5.41, 5.74) is 4.52. The summed E-state index contributed by atoms with van der Waals surface area (Å²) < 4.78 is 0. The van der Waals surface area contributed by atoms with Crippen LogP contribution in [0.5, 0.6) is 0 Å². The molecule has 3 rings (SSSR count). The molecule has 2 aromatic rings. The largest absolute Gasteiger partial charge is 0.378 e. The first kappa shape index (κ1) is 7.50. The summed E-state index contributed by atoms with van der Waals surface area (Å²) in [4.78, 5) is 8.28. The highest BCUT2D eigenvalue weighted by Gasteiger charge is 2.15. The highest BCUT2D eigenvalue weighted by atomic mass is 15.0. The summed E-state index contributed by atoms with van der Waals surface area (Å²) in [5.74, 6) is 0. The summed E-state index contributed by atoms with van der Waals surface area (Å²) in [5, 5.41) is 3.29. The highest BCUT2D eigenvalue weighted by molar-refractivity contribution is 5.78. The molecule has 14 heavy (non-hydrogen) atoms. The van der Waals surface area contributed by atoms with Gasteiger partial charge >= 0.3 is 0 Å². The van der Waals surface area contributed by atoms with Crippen LogP contribution in [0, 0.1) is 0 Å². The predicted octanol–water partition coefficient (Wildman–Crippen LogP) is 2.07. The van der Waals surface area contributed by atoms with Gasteiger partial charge in [-0.25, -0.2) is 9.97 Å². The van der Waals surface area contributed by atoms with Crippen LogP contribution in [-0.2, 0) is 6.54 Å². The monoisotopic (exact) mass is 183 g/mol. The van der Waals surface area contributed by atoms with E-state index in [1.54, 1.807) is 6.33 Å². The van der Waals surface area contributed by atoms with Gasteiger partial charge in [-0.15, -0.1) is 0 Å². The van der Waals surface area contributed by atoms with Gasteiger partial charge in [0.25, 0.3) is 0 Å². The molecule has 0 unspecified atom stereocenters. The molecule has 1 aromatic heterocycles. The minimum Gasteiger partial charge on any atom is -0.378 e. The molecular weight excluding hydrogens is 174 g/mol. The summed E-state index contributed by atoms with van der Waals surface area (Å²) in [6, 6.07) is 8.30. The number of aromatic nitrogens is 2. The molecule has 0 aliphatic carbocycles. The summed E-state index contributed by atoms with van der Waals surface area (Å²) in [6.07, 6.45) is 3.40. The molecule has 3 nitrogen and oxygen atoms in total. The highest BCUT2D eigenvalue weighted by Crippen LogP contribution is 2.32. The first-order valence-electron chi connectivity index (χ1n) is 4.57. The van der Waals surface area contributed by atoms with E-state index >= 15 is 0 Å². The van der Waals surface area contributed by atoms with Gasteiger partial charge in [0.15, 0.2) is 0 Å². The summed E-state index contributed by atoms with van der Waals surface area (Å²) in [6.45, 7) is 0.858. The van der Waals surface area contributed by atoms with E-state index in [-0.39, 0.29) is 0 Å². The fourth-order valence-corrected chi connectivity index (χ4v) is 1.77. The van der Waals surface area contributed by atoms with Crippen molar-refractivity contribution in [3.63, 3.8) is 0 Å². The van der Waals surface area contributed by atoms with Gasteiger partial charge < -0.3 is 5.32 Å². The van der Waals surface area contributed by atoms with Crippen molar-refractivity contribution in [1.82, 2.24) is 9.97 Å². The van der Waals surface area contributed by atoms with Crippen molar-refractivity contribution in [2.45, 2.75) is 6.54 Å². The van der Waals surface area contributed by atoms with Crippen LogP contribution in [-0.4, -0.2) is 9.97 Å². The Balaban J connectivity index is 2.29. The second-order valence-corrected chi connectivity index (χ2v) is 3.30. The fraction of sp³-hybridized carbons (Fsp3) is 0.0909. The van der Waals surface area contributed by atoms with Gasteiger partial charge in [-0.2, -0.15) is 0 Å². The lowest BCUT2D eigenvalue weighted by molar-refractivity contribution is 1.07. The third-order valence-corrected chi connectivity index (χ3v) is 2.45. The van der Waals surface area contributed by atoms with E-state index in [9.17, 15) is 0 Å². The number of hydrogen-bond donors (Lipinski definition) is 1. The van der Waals surface area contributed by atoms with E-state index in [2.05, 4.69) is 27.4 Å². The fourth-order valence-electron chi connectivity index (χ4n) is 1.77. The van der Waals surface area contributed by atoms with Crippen LogP contribution in [0.4, 0.5) is 5.69 Å². The third kappa shape index (κ3) is 0.988. The molecule has 1 N–H and O–H groups in total. The molecule has 68 valence electrons. The number of rotatable bonds is 0. The first-order chi connectivity index (χ1) is 6.95. The second kappa shape index (κ2) is 2.80. The third-order valence-electron chi connectivity index (χ3n) is 2.45. The Labute approximate surface area is 81.8 Å². The molecule has 0 atom stereocenters. The molecule has 1 aromatic carbocycles. The van der Waals surface area contributed by atoms with Crippen molar-refractivity contribution in [3.8, 4) is 11.3 Å². The lowest BCUT2D eigenvalue weighted by Gasteiger charge is -2.19. The van der Waals surface area contributed by atoms with Gasteiger partial charge in [0.2, 0.25) is 0 Å². The minimum atomic E-state index is 0.858. The van der Waals surface area contributed by atoms with Crippen molar-refractivity contribution >= 4 is 5.69 Å². The van der Waals surface area contributed by atoms with Gasteiger partial charge in [-0.05, 0) is 5.56 Å². The Morgan fingerprint density at radius 2 is 2.14 bits per heavy atom. The van der Waals surface area contributed by atoms with Crippen LogP contribution in [0.15, 0.2) is 36.8 Å². The van der Waals surface area contributed by atoms with Crippen LogP contribution in [0.2, 0.25) is 0 Å². The molecule has 1 aliphatic rings. The quantitative estimate of drug-likeness (QED) is 0.679. The molecule has 1 aliphatic heterocycles. The van der Waals surface area contributed by atoms with Crippen molar-refractivity contribution in [3.05, 3.63) is 42.4 Å². The Kier molecular flexibility index (Phi) is 1.50. The van der Waals surface area contributed by atoms with Crippen molar-refractivity contribution in [1.29, 1.82) is 0 Å². The Hall–Kier alpha value is -1.90. The lowest BCUT2D eigenvalue weighted by atomic mass is 10.0. The van der Waals surface area contributed by atoms with Gasteiger partial charge in [0.1, 0.15) is 6.33 Å². The molecule has 0 fully saturated rings. The molecule has 0 spiro atoms. The number of nitrogens with one attached hydrogen (secondary N) is 1. The van der Waals surface area contributed by atoms with E-state index in [1.807, 2.05) is 18.3 Å². The van der Waals surface area contributed by atoms with E-state index in [0.717, 1.165) is 17.9 Å². The molecule has 0 radical (unpaired) electrons. The first-order valence-corrected chi connectivity index (χ1v) is 4.57. The second-order valence-electron chi connectivity index (χ2n) is 3.30. The van der Waals surface area contributed by atoms with Crippen molar-refractivity contribution < 1.29 is 0 Å². The molecule has 0 saturated carbocycles. The maximum Gasteiger partial charge on any atom is 0.116 e. The van der Waals surface area contributed by atoms with Crippen LogP contribution in [0.25, 0.3) is 11.3 Å². The molecule has 0 saturated heterocycles. The van der Waals surface area contributed by atoms with Crippen LogP contribution in [0.3, 0.4) is 0 Å². The van der Waals surface area contributed by atoms with Crippen molar-refractivity contribution in [2.24, 2.45) is 0 Å². The van der Waals surface area contributed by atoms with Crippen LogP contribution >= 0.6 is 0 Å². The number of anilines is 1. The number of fused-ring (bicyclic) bond motifs is 3. The van der Waals surface area contributed by atoms with E-state index in [1.165, 1.54) is 11.1 Å². The van der Waals surface area contributed by atoms with Crippen LogP contribution in [0.1, 0.15) is 5.56 Å². The zero-order valence-corrected chi connectivity index (χ0v) is 7.57. The average Bonchev–Trinajstić information content (AvgIpc) is 2.29. The van der Waals surface area contributed by atoms with E-state index in [4.69, 9.17) is 0 Å². The van der Waals surface area contributed by atoms with Gasteiger partial charge in [-0.3, -0.25) is 0 Å². The average molecular weight is 183 g/mol. The molecular formula is C11H9N3. The standard InChI is InChI=1S/C11H9N3/c1-2-4-9-8(3-1)5-13-10-6-12-7-14-11(9)10/h1-4,6-7,13H,5H2. The Morgan fingerprint density at radius 1 is 1.21 bits per heavy atom. The van der Waals surface area contributed by atoms with Crippen LogP contribution < -0.4 is 5.32 Å². The topological polar surface area (TPSA) is 37.8 Å². The summed E-state index contributed by atoms with van der Waals surface area (Å²) in [7, 11) is 0. The van der Waals surface area contributed by atoms with Gasteiger partial charge in [0, 0.05) is 12.1 Å². The van der Waals surface area contributed by atoms with Crippen molar-refractivity contribution in [2.75, 3.05) is 5.32 Å². The number of hydrogen-bond acceptors (Lipinski definition) is 3. The van der Waals surface area contributed by atoms with Gasteiger partial charge in [0.05, 0.1) is 17.6 Å². The SMILES string of the molecule is c1ccc2c(c1)CNc1cncnc1-2. The number of nitrogens with zero attached hydrogens (tertiary/aromatic N) is 2. The molecule has 0 amide bonds. The predicted molar refractivity (Wildman–Crippen MR) is 54.8 cm³/mol. The Morgan fingerprint density at radius 3 is 3.14 bits per heavy atom. The maximum absolute atomic E-state index is 4.29. The van der Waals surface area contributed by atoms with Gasteiger partial charge in [-0.1, -0.05) is 24.3 Å². The van der Waals surface area contributed by atoms with E-state index in [0.29, 0.717) is 0 Å². The zero-order valence-electron chi connectivity index (χ0n) is 7.57. The Bertz CT molecular complexity index is 434. The smallest absolute Gasteiger partial charge is 0.116 e.